The van der Waals surface area contributed by atoms with E-state index in [1.165, 1.54) is 6.20 Å². The van der Waals surface area contributed by atoms with E-state index in [2.05, 4.69) is 34.0 Å². The number of hydrogen-bond donors (Lipinski definition) is 1. The van der Waals surface area contributed by atoms with Crippen LogP contribution >= 0.6 is 11.6 Å². The molecule has 0 aromatic heterocycles. The minimum Gasteiger partial charge on any atom is -0.331 e. The van der Waals surface area contributed by atoms with E-state index >= 15 is 0 Å². The average molecular weight is 422 g/mol. The van der Waals surface area contributed by atoms with Gasteiger partial charge in [-0.25, -0.2) is 9.18 Å². The van der Waals surface area contributed by atoms with Crippen LogP contribution in [-0.2, 0) is 0 Å². The number of carbonyl (C=O) groups is 1. The minimum absolute atomic E-state index is 0.0720. The quantitative estimate of drug-likeness (QED) is 0.693. The number of piperidine rings is 1. The van der Waals surface area contributed by atoms with Crippen molar-refractivity contribution < 1.29 is 9.18 Å². The molecule has 2 amide bonds. The SMILES string of the molecule is C=N/C(=C\N=C/C)c1ccc(C(C)NC(=O)N(C)C2CCN(C)CC2)c(F)c1Cl. The second kappa shape index (κ2) is 10.5. The highest BCUT2D eigenvalue weighted by Gasteiger charge is 2.26. The fourth-order valence-corrected chi connectivity index (χ4v) is 3.62. The molecule has 0 saturated carbocycles. The van der Waals surface area contributed by atoms with E-state index < -0.39 is 11.9 Å². The summed E-state index contributed by atoms with van der Waals surface area (Å²) in [5.74, 6) is -0.589. The van der Waals surface area contributed by atoms with Crippen LogP contribution in [0.2, 0.25) is 5.02 Å². The van der Waals surface area contributed by atoms with Crippen LogP contribution in [0.3, 0.4) is 0 Å². The Hall–Kier alpha value is -2.25. The standard InChI is InChI=1S/C21H29ClFN5O/c1-6-25-13-18(24-3)17-8-7-16(20(23)19(17)22)14(2)26-21(29)28(5)15-9-11-27(4)12-10-15/h6-8,13-15H,3,9-12H2,1-2,4-5H3,(H,26,29)/b18-13-,25-6-. The van der Waals surface area contributed by atoms with Gasteiger partial charge < -0.3 is 15.1 Å². The van der Waals surface area contributed by atoms with E-state index in [1.54, 1.807) is 44.1 Å². The number of benzene rings is 1. The van der Waals surface area contributed by atoms with Crippen LogP contribution in [0.15, 0.2) is 28.3 Å². The molecular weight excluding hydrogens is 393 g/mol. The van der Waals surface area contributed by atoms with Gasteiger partial charge in [0.2, 0.25) is 0 Å². The molecule has 29 heavy (non-hydrogen) atoms. The van der Waals surface area contributed by atoms with Crippen LogP contribution in [0.4, 0.5) is 9.18 Å². The van der Waals surface area contributed by atoms with Crippen LogP contribution in [0.25, 0.3) is 5.70 Å². The van der Waals surface area contributed by atoms with Gasteiger partial charge >= 0.3 is 6.03 Å². The number of hydrogen-bond acceptors (Lipinski definition) is 4. The zero-order valence-corrected chi connectivity index (χ0v) is 18.2. The smallest absolute Gasteiger partial charge is 0.317 e. The number of aliphatic imine (C=N–C) groups is 2. The van der Waals surface area contributed by atoms with Gasteiger partial charge in [-0.2, -0.15) is 0 Å². The second-order valence-corrected chi connectivity index (χ2v) is 7.60. The molecule has 1 aromatic carbocycles. The predicted molar refractivity (Wildman–Crippen MR) is 118 cm³/mol. The Morgan fingerprint density at radius 1 is 1.45 bits per heavy atom. The molecule has 1 heterocycles. The molecule has 2 rings (SSSR count). The van der Waals surface area contributed by atoms with Gasteiger partial charge in [-0.3, -0.25) is 9.98 Å². The first-order valence-corrected chi connectivity index (χ1v) is 10.0. The molecular formula is C21H29ClFN5O. The predicted octanol–water partition coefficient (Wildman–Crippen LogP) is 4.37. The van der Waals surface area contributed by atoms with Crippen LogP contribution in [0.1, 0.15) is 43.9 Å². The summed E-state index contributed by atoms with van der Waals surface area (Å²) in [6.07, 6.45) is 4.90. The fraction of sp³-hybridized carbons (Fsp3) is 0.476. The number of urea groups is 1. The van der Waals surface area contributed by atoms with Crippen molar-refractivity contribution in [2.75, 3.05) is 27.2 Å². The zero-order chi connectivity index (χ0) is 21.6. The van der Waals surface area contributed by atoms with Crippen LogP contribution in [0.5, 0.6) is 0 Å². The average Bonchev–Trinajstić information content (AvgIpc) is 2.71. The molecule has 0 bridgehead atoms. The van der Waals surface area contributed by atoms with E-state index in [1.807, 2.05) is 0 Å². The summed E-state index contributed by atoms with van der Waals surface area (Å²) in [4.78, 5) is 24.5. The van der Waals surface area contributed by atoms with Crippen molar-refractivity contribution in [3.8, 4) is 0 Å². The van der Waals surface area contributed by atoms with Gasteiger partial charge in [-0.05, 0) is 53.5 Å². The lowest BCUT2D eigenvalue weighted by Gasteiger charge is -2.35. The van der Waals surface area contributed by atoms with Crippen LogP contribution < -0.4 is 5.32 Å². The molecule has 8 heteroatoms. The number of likely N-dealkylation sites (tertiary alicyclic amines) is 1. The summed E-state index contributed by atoms with van der Waals surface area (Å²) in [6, 6.07) is 2.68. The summed E-state index contributed by atoms with van der Waals surface area (Å²) >= 11 is 6.25. The Labute approximate surface area is 177 Å². The Morgan fingerprint density at radius 3 is 2.69 bits per heavy atom. The van der Waals surface area contributed by atoms with E-state index in [9.17, 15) is 9.18 Å². The normalized spacial score (nSPS) is 17.4. The molecule has 1 aliphatic heterocycles. The maximum atomic E-state index is 15.0. The largest absolute Gasteiger partial charge is 0.331 e. The highest BCUT2D eigenvalue weighted by molar-refractivity contribution is 6.32. The number of rotatable bonds is 6. The summed E-state index contributed by atoms with van der Waals surface area (Å²) in [7, 11) is 3.86. The Morgan fingerprint density at radius 2 is 2.10 bits per heavy atom. The van der Waals surface area contributed by atoms with E-state index in [0.29, 0.717) is 16.8 Å². The minimum atomic E-state index is -0.589. The first-order chi connectivity index (χ1) is 13.8. The number of nitrogens with zero attached hydrogens (tertiary/aromatic N) is 4. The zero-order valence-electron chi connectivity index (χ0n) is 17.5. The van der Waals surface area contributed by atoms with Crippen molar-refractivity contribution in [3.05, 3.63) is 40.3 Å². The topological polar surface area (TPSA) is 60.3 Å². The third-order valence-electron chi connectivity index (χ3n) is 5.27. The van der Waals surface area contributed by atoms with Gasteiger partial charge in [0.05, 0.1) is 23.0 Å². The Balaban J connectivity index is 2.14. The summed E-state index contributed by atoms with van der Waals surface area (Å²) < 4.78 is 15.0. The van der Waals surface area contributed by atoms with Crippen LogP contribution in [-0.4, -0.2) is 62.0 Å². The second-order valence-electron chi connectivity index (χ2n) is 7.23. The molecule has 158 valence electrons. The summed E-state index contributed by atoms with van der Waals surface area (Å²) in [5, 5.41) is 2.80. The van der Waals surface area contributed by atoms with Gasteiger partial charge in [0.25, 0.3) is 0 Å². The van der Waals surface area contributed by atoms with Gasteiger partial charge in [0, 0.05) is 30.4 Å². The molecule has 0 aliphatic carbocycles. The molecule has 1 aliphatic rings. The van der Waals surface area contributed by atoms with Crippen molar-refractivity contribution in [1.82, 2.24) is 15.1 Å². The number of amides is 2. The molecule has 1 atom stereocenters. The lowest BCUT2D eigenvalue weighted by molar-refractivity contribution is 0.146. The molecule has 1 saturated heterocycles. The van der Waals surface area contributed by atoms with Gasteiger partial charge in [-0.15, -0.1) is 0 Å². The van der Waals surface area contributed by atoms with E-state index in [0.717, 1.165) is 25.9 Å². The maximum Gasteiger partial charge on any atom is 0.317 e. The van der Waals surface area contributed by atoms with Crippen LogP contribution in [0, 0.1) is 5.82 Å². The molecule has 1 unspecified atom stereocenters. The lowest BCUT2D eigenvalue weighted by Crippen LogP contribution is -2.48. The Kier molecular flexibility index (Phi) is 8.34. The molecule has 1 N–H and O–H groups in total. The summed E-state index contributed by atoms with van der Waals surface area (Å²) in [6.45, 7) is 8.90. The molecule has 0 radical (unpaired) electrons. The van der Waals surface area contributed by atoms with Gasteiger partial charge in [-0.1, -0.05) is 23.7 Å². The van der Waals surface area contributed by atoms with Gasteiger partial charge in [0.15, 0.2) is 0 Å². The maximum absolute atomic E-state index is 15.0. The highest BCUT2D eigenvalue weighted by atomic mass is 35.5. The van der Waals surface area contributed by atoms with Gasteiger partial charge in [0.1, 0.15) is 5.82 Å². The number of halogens is 2. The van der Waals surface area contributed by atoms with Crippen molar-refractivity contribution in [3.63, 3.8) is 0 Å². The highest BCUT2D eigenvalue weighted by Crippen LogP contribution is 2.32. The molecule has 1 aromatic rings. The van der Waals surface area contributed by atoms with Crippen molar-refractivity contribution in [2.45, 2.75) is 38.8 Å². The fourth-order valence-electron chi connectivity index (χ4n) is 3.35. The number of carbonyl (C=O) groups excluding carboxylic acids is 1. The Bertz CT molecular complexity index is 803. The third kappa shape index (κ3) is 5.64. The third-order valence-corrected chi connectivity index (χ3v) is 5.64. The van der Waals surface area contributed by atoms with E-state index in [-0.39, 0.29) is 17.1 Å². The summed E-state index contributed by atoms with van der Waals surface area (Å²) in [5.41, 5.74) is 1.08. The molecule has 1 fully saturated rings. The van der Waals surface area contributed by atoms with Crippen molar-refractivity contribution >= 4 is 36.3 Å². The van der Waals surface area contributed by atoms with Crippen molar-refractivity contribution in [2.24, 2.45) is 9.98 Å². The molecule has 6 nitrogen and oxygen atoms in total. The molecule has 0 spiro atoms. The first-order valence-electron chi connectivity index (χ1n) is 9.64. The monoisotopic (exact) mass is 421 g/mol. The number of nitrogens with one attached hydrogen (secondary N) is 1. The van der Waals surface area contributed by atoms with E-state index in [4.69, 9.17) is 11.6 Å². The first kappa shape index (κ1) is 23.0. The van der Waals surface area contributed by atoms with Crippen molar-refractivity contribution in [1.29, 1.82) is 0 Å². The lowest BCUT2D eigenvalue weighted by atomic mass is 10.0.